The number of aliphatic hydroxyl groups is 2. The van der Waals surface area contributed by atoms with E-state index in [0.717, 1.165) is 22.0 Å². The molecule has 0 radical (unpaired) electrons. The van der Waals surface area contributed by atoms with Crippen molar-refractivity contribution in [2.24, 2.45) is 0 Å². The van der Waals surface area contributed by atoms with Crippen LogP contribution in [0.4, 0.5) is 0 Å². The van der Waals surface area contributed by atoms with Crippen LogP contribution in [0, 0.1) is 0 Å². The highest BCUT2D eigenvalue weighted by Crippen LogP contribution is 1.48. The van der Waals surface area contributed by atoms with Crippen molar-refractivity contribution < 1.29 is 10.2 Å². The second-order valence-electron chi connectivity index (χ2n) is 0.347. The predicted octanol–water partition coefficient (Wildman–Crippen LogP) is 0.355. The minimum absolute atomic E-state index is 0.792. The van der Waals surface area contributed by atoms with Gasteiger partial charge in [0.05, 0.1) is 11.1 Å². The highest BCUT2D eigenvalue weighted by molar-refractivity contribution is 7.95. The summed E-state index contributed by atoms with van der Waals surface area (Å²) in [6.07, 6.45) is 0. The minimum Gasteiger partial charge on any atom is -0.358 e. The second-order valence-corrected chi connectivity index (χ2v) is 1.04. The minimum atomic E-state index is 0.792. The summed E-state index contributed by atoms with van der Waals surface area (Å²) in [6.45, 7) is 0. The molecule has 0 rings (SSSR count). The number of hydrogen-bond donors (Lipinski definition) is 2. The molecule has 0 aliphatic carbocycles. The van der Waals surface area contributed by atoms with E-state index >= 15 is 0 Å². The lowest BCUT2D eigenvalue weighted by Gasteiger charge is -1.50. The van der Waals surface area contributed by atoms with E-state index in [0.29, 0.717) is 0 Å². The third-order valence-electron chi connectivity index (χ3n) is 0.122. The van der Waals surface area contributed by atoms with Gasteiger partial charge >= 0.3 is 0 Å². The van der Waals surface area contributed by atoms with Gasteiger partial charge in [-0.1, -0.05) is 0 Å². The molecule has 0 unspecified atom stereocenters. The summed E-state index contributed by atoms with van der Waals surface area (Å²) in [7, 11) is 0.824. The fourth-order valence-electron chi connectivity index (χ4n) is 0.0272. The van der Waals surface area contributed by atoms with E-state index in [-0.39, 0.29) is 0 Å². The lowest BCUT2D eigenvalue weighted by molar-refractivity contribution is 0.590. The van der Waals surface area contributed by atoms with E-state index in [1.807, 2.05) is 0 Å². The van der Waals surface area contributed by atoms with Crippen molar-refractivity contribution in [3.8, 4) is 0 Å². The molecule has 0 spiro atoms. The van der Waals surface area contributed by atoms with Crippen LogP contribution in [0.15, 0.2) is 0 Å². The molecular weight excluding hydrogens is 88.1 g/mol. The Morgan fingerprint density at radius 3 is 1.60 bits per heavy atom. The molecule has 3 heteroatoms. The highest BCUT2D eigenvalue weighted by Gasteiger charge is 1.36. The largest absolute Gasteiger partial charge is 0.358 e. The summed E-state index contributed by atoms with van der Waals surface area (Å²) in [6, 6.07) is 0. The van der Waals surface area contributed by atoms with Gasteiger partial charge in [-0.15, -0.1) is 10.9 Å². The lowest BCUT2D eigenvalue weighted by Crippen LogP contribution is -1.54. The second kappa shape index (κ2) is 3.88. The molecule has 0 saturated heterocycles. The highest BCUT2D eigenvalue weighted by atomic mass is 32.1. The fraction of sp³-hybridized carbons (Fsp3) is 0. The monoisotopic (exact) mass is 92.0 g/mol. The van der Waals surface area contributed by atoms with Crippen LogP contribution in [0.3, 0.4) is 0 Å². The third-order valence-corrected chi connectivity index (χ3v) is 0.365. The molecule has 0 amide bonds. The number of hydrogen-bond acceptors (Lipinski definition) is 0. The molecule has 0 heterocycles. The molecule has 0 bridgehead atoms. The Labute approximate surface area is 33.2 Å². The molecular formula is C2H4O2S. The Hall–Kier alpha value is -0.120. The molecule has 0 aromatic carbocycles. The molecule has 5 heavy (non-hydrogen) atoms. The summed E-state index contributed by atoms with van der Waals surface area (Å²) >= 11 is 0. The van der Waals surface area contributed by atoms with Crippen LogP contribution >= 0.6 is 10.9 Å². The van der Waals surface area contributed by atoms with Crippen LogP contribution in [0.2, 0.25) is 0 Å². The summed E-state index contributed by atoms with van der Waals surface area (Å²) in [4.78, 5) is 0. The van der Waals surface area contributed by atoms with Crippen molar-refractivity contribution in [3.63, 3.8) is 0 Å². The van der Waals surface area contributed by atoms with Gasteiger partial charge in [0.15, 0.2) is 0 Å². The lowest BCUT2D eigenvalue weighted by atomic mass is 11.7. The Morgan fingerprint density at radius 2 is 1.60 bits per heavy atom. The number of aliphatic hydroxyl groups excluding tert-OH is 2. The summed E-state index contributed by atoms with van der Waals surface area (Å²) in [5.41, 5.74) is 1.58. The van der Waals surface area contributed by atoms with E-state index in [4.69, 9.17) is 10.2 Å². The predicted molar refractivity (Wildman–Crippen MR) is 25.0 cm³/mol. The average molecular weight is 92.1 g/mol. The molecule has 0 aromatic rings. The zero-order chi connectivity index (χ0) is 4.12. The maximum Gasteiger partial charge on any atom is 0.0895 e. The Kier molecular flexibility index (Phi) is 3.79. The van der Waals surface area contributed by atoms with Crippen molar-refractivity contribution in [3.05, 3.63) is 0 Å². The fourth-order valence-corrected chi connectivity index (χ4v) is 0.0816. The van der Waals surface area contributed by atoms with Gasteiger partial charge in [-0.25, -0.2) is 0 Å². The quantitative estimate of drug-likeness (QED) is 0.423. The maximum absolute atomic E-state index is 7.71. The smallest absolute Gasteiger partial charge is 0.0895 e. The normalized spacial score (nSPS) is 6.00. The Morgan fingerprint density at radius 1 is 1.20 bits per heavy atom. The molecule has 0 atom stereocenters. The van der Waals surface area contributed by atoms with Crippen LogP contribution in [0.25, 0.3) is 0 Å². The third kappa shape index (κ3) is 3.88. The molecule has 2 nitrogen and oxygen atoms in total. The van der Waals surface area contributed by atoms with Gasteiger partial charge in [0.25, 0.3) is 0 Å². The van der Waals surface area contributed by atoms with Gasteiger partial charge in [0.2, 0.25) is 0 Å². The zero-order valence-corrected chi connectivity index (χ0v) is 3.27. The van der Waals surface area contributed by atoms with Gasteiger partial charge in [-0.3, -0.25) is 0 Å². The first-order chi connectivity index (χ1) is 2.41. The standard InChI is InChI=1S/C2H4O2S/c3-1-5-2-4/h1-4H. The van der Waals surface area contributed by atoms with E-state index in [2.05, 4.69) is 0 Å². The van der Waals surface area contributed by atoms with Gasteiger partial charge in [-0.2, -0.15) is 0 Å². The van der Waals surface area contributed by atoms with Crippen molar-refractivity contribution in [2.75, 3.05) is 0 Å². The molecule has 2 N–H and O–H groups in total. The molecule has 0 aliphatic rings. The molecule has 0 aliphatic heterocycles. The Bertz CT molecular complexity index is 56.0. The summed E-state index contributed by atoms with van der Waals surface area (Å²) in [5.74, 6) is 0. The van der Waals surface area contributed by atoms with Crippen LogP contribution in [0.5, 0.6) is 0 Å². The molecule has 30 valence electrons. The molecule has 0 saturated carbocycles. The van der Waals surface area contributed by atoms with Crippen LogP contribution in [-0.4, -0.2) is 21.3 Å². The zero-order valence-electron chi connectivity index (χ0n) is 2.46. The van der Waals surface area contributed by atoms with Gasteiger partial charge in [0.1, 0.15) is 0 Å². The first kappa shape index (κ1) is 4.88. The van der Waals surface area contributed by atoms with Crippen LogP contribution in [0.1, 0.15) is 0 Å². The first-order valence-electron chi connectivity index (χ1n) is 0.988. The van der Waals surface area contributed by atoms with Crippen molar-refractivity contribution in [1.82, 2.24) is 0 Å². The molecule has 0 aromatic heterocycles. The van der Waals surface area contributed by atoms with E-state index in [9.17, 15) is 0 Å². The topological polar surface area (TPSA) is 40.5 Å². The van der Waals surface area contributed by atoms with Crippen molar-refractivity contribution >= 4 is 22.0 Å². The van der Waals surface area contributed by atoms with E-state index < -0.39 is 0 Å². The van der Waals surface area contributed by atoms with Crippen LogP contribution < -0.4 is 0 Å². The molecule has 0 fully saturated rings. The Balaban J connectivity index is 3.26. The van der Waals surface area contributed by atoms with E-state index in [1.54, 1.807) is 0 Å². The van der Waals surface area contributed by atoms with Crippen LogP contribution in [-0.2, 0) is 0 Å². The van der Waals surface area contributed by atoms with E-state index in [1.165, 1.54) is 0 Å². The SMILES string of the molecule is OC=S=CO. The van der Waals surface area contributed by atoms with Crippen molar-refractivity contribution in [1.29, 1.82) is 0 Å². The number of rotatable bonds is 0. The summed E-state index contributed by atoms with van der Waals surface area (Å²) in [5, 5.41) is 15.4. The van der Waals surface area contributed by atoms with Gasteiger partial charge in [0, 0.05) is 0 Å². The average Bonchev–Trinajstić information content (AvgIpc) is 1.41. The first-order valence-corrected chi connectivity index (χ1v) is 1.93. The van der Waals surface area contributed by atoms with Gasteiger partial charge in [-0.05, 0) is 0 Å². The summed E-state index contributed by atoms with van der Waals surface area (Å²) < 4.78 is 0. The van der Waals surface area contributed by atoms with Crippen molar-refractivity contribution in [2.45, 2.75) is 0 Å². The maximum atomic E-state index is 7.71. The van der Waals surface area contributed by atoms with Gasteiger partial charge < -0.3 is 10.2 Å².